The third-order valence-electron chi connectivity index (χ3n) is 3.20. The molecule has 2 aromatic carbocycles. The van der Waals surface area contributed by atoms with E-state index in [0.717, 1.165) is 16.7 Å². The fourth-order valence-corrected chi connectivity index (χ4v) is 1.96. The van der Waals surface area contributed by atoms with Gasteiger partial charge >= 0.3 is 6.03 Å². The molecule has 0 spiro atoms. The predicted octanol–water partition coefficient (Wildman–Crippen LogP) is 3.38. The van der Waals surface area contributed by atoms with Gasteiger partial charge in [-0.3, -0.25) is 0 Å². The van der Waals surface area contributed by atoms with E-state index in [0.29, 0.717) is 18.7 Å². The molecule has 4 heteroatoms. The molecular formula is C17H17N3O. The topological polar surface area (TPSA) is 64.9 Å². The molecule has 0 unspecified atom stereocenters. The first kappa shape index (κ1) is 14.6. The molecule has 0 saturated heterocycles. The first-order chi connectivity index (χ1) is 10.2. The summed E-state index contributed by atoms with van der Waals surface area (Å²) >= 11 is 0. The van der Waals surface area contributed by atoms with E-state index < -0.39 is 0 Å². The van der Waals surface area contributed by atoms with E-state index >= 15 is 0 Å². The van der Waals surface area contributed by atoms with Crippen LogP contribution in [0.5, 0.6) is 0 Å². The third kappa shape index (κ3) is 4.36. The van der Waals surface area contributed by atoms with Gasteiger partial charge in [-0.1, -0.05) is 36.4 Å². The van der Waals surface area contributed by atoms with Crippen LogP contribution in [0.2, 0.25) is 0 Å². The number of benzene rings is 2. The normalized spacial score (nSPS) is 9.71. The number of amides is 2. The number of nitrogens with zero attached hydrogens (tertiary/aromatic N) is 1. The van der Waals surface area contributed by atoms with Crippen molar-refractivity contribution in [1.29, 1.82) is 5.26 Å². The number of nitriles is 1. The average molecular weight is 279 g/mol. The maximum absolute atomic E-state index is 11.8. The number of carbonyl (C=O) groups excluding carboxylic acids is 1. The van der Waals surface area contributed by atoms with Crippen molar-refractivity contribution >= 4 is 11.7 Å². The van der Waals surface area contributed by atoms with Gasteiger partial charge in [0.15, 0.2) is 0 Å². The van der Waals surface area contributed by atoms with Gasteiger partial charge in [0.25, 0.3) is 0 Å². The highest BCUT2D eigenvalue weighted by molar-refractivity contribution is 5.89. The van der Waals surface area contributed by atoms with Gasteiger partial charge in [0.1, 0.15) is 0 Å². The molecule has 0 heterocycles. The molecule has 0 aromatic heterocycles. The van der Waals surface area contributed by atoms with E-state index in [1.165, 1.54) is 0 Å². The van der Waals surface area contributed by atoms with Crippen LogP contribution < -0.4 is 10.6 Å². The Balaban J connectivity index is 1.87. The lowest BCUT2D eigenvalue weighted by Gasteiger charge is -2.09. The van der Waals surface area contributed by atoms with E-state index in [2.05, 4.69) is 16.7 Å². The molecule has 2 N–H and O–H groups in total. The summed E-state index contributed by atoms with van der Waals surface area (Å²) in [4.78, 5) is 11.8. The SMILES string of the molecule is Cc1ccccc1CNC(=O)Nc1ccc(CC#N)cc1. The van der Waals surface area contributed by atoms with E-state index in [1.54, 1.807) is 12.1 Å². The molecule has 2 rings (SSSR count). The summed E-state index contributed by atoms with van der Waals surface area (Å²) in [6, 6.07) is 17.0. The highest BCUT2D eigenvalue weighted by atomic mass is 16.2. The van der Waals surface area contributed by atoms with Crippen LogP contribution in [-0.4, -0.2) is 6.03 Å². The van der Waals surface area contributed by atoms with Crippen LogP contribution in [0.4, 0.5) is 10.5 Å². The highest BCUT2D eigenvalue weighted by Gasteiger charge is 2.03. The Morgan fingerprint density at radius 3 is 2.52 bits per heavy atom. The Kier molecular flexibility index (Phi) is 4.94. The number of aryl methyl sites for hydroxylation is 1. The lowest BCUT2D eigenvalue weighted by molar-refractivity contribution is 0.251. The number of nitrogens with one attached hydrogen (secondary N) is 2. The lowest BCUT2D eigenvalue weighted by atomic mass is 10.1. The molecule has 0 saturated carbocycles. The van der Waals surface area contributed by atoms with Crippen LogP contribution in [0.25, 0.3) is 0 Å². The summed E-state index contributed by atoms with van der Waals surface area (Å²) in [6.45, 7) is 2.51. The van der Waals surface area contributed by atoms with Crippen LogP contribution in [0.15, 0.2) is 48.5 Å². The molecule has 4 nitrogen and oxygen atoms in total. The van der Waals surface area contributed by atoms with Crippen LogP contribution >= 0.6 is 0 Å². The van der Waals surface area contributed by atoms with Gasteiger partial charge in [-0.2, -0.15) is 5.26 Å². The van der Waals surface area contributed by atoms with Gasteiger partial charge in [0.2, 0.25) is 0 Å². The van der Waals surface area contributed by atoms with Crippen LogP contribution in [-0.2, 0) is 13.0 Å². The predicted molar refractivity (Wildman–Crippen MR) is 82.8 cm³/mol. The van der Waals surface area contributed by atoms with Gasteiger partial charge in [-0.25, -0.2) is 4.79 Å². The van der Waals surface area contributed by atoms with Crippen molar-refractivity contribution in [3.05, 3.63) is 65.2 Å². The fraction of sp³-hybridized carbons (Fsp3) is 0.176. The smallest absolute Gasteiger partial charge is 0.319 e. The zero-order valence-electron chi connectivity index (χ0n) is 11.9. The standard InChI is InChI=1S/C17H17N3O/c1-13-4-2-3-5-15(13)12-19-17(21)20-16-8-6-14(7-9-16)10-11-18/h2-9H,10,12H2,1H3,(H2,19,20,21). The van der Waals surface area contributed by atoms with Crippen molar-refractivity contribution in [3.8, 4) is 6.07 Å². The van der Waals surface area contributed by atoms with Crippen LogP contribution in [0.3, 0.4) is 0 Å². The second kappa shape index (κ2) is 7.11. The van der Waals surface area contributed by atoms with Gasteiger partial charge in [-0.15, -0.1) is 0 Å². The Morgan fingerprint density at radius 1 is 1.14 bits per heavy atom. The number of hydrogen-bond acceptors (Lipinski definition) is 2. The average Bonchev–Trinajstić information content (AvgIpc) is 2.49. The maximum atomic E-state index is 11.8. The summed E-state index contributed by atoms with van der Waals surface area (Å²) in [5.41, 5.74) is 3.89. The quantitative estimate of drug-likeness (QED) is 0.901. The van der Waals surface area contributed by atoms with Gasteiger partial charge in [0, 0.05) is 12.2 Å². The highest BCUT2D eigenvalue weighted by Crippen LogP contribution is 2.10. The second-order valence-corrected chi connectivity index (χ2v) is 4.77. The van der Waals surface area contributed by atoms with Gasteiger partial charge in [-0.05, 0) is 35.7 Å². The number of anilines is 1. The molecule has 0 aliphatic heterocycles. The van der Waals surface area contributed by atoms with Crippen LogP contribution in [0.1, 0.15) is 16.7 Å². The minimum absolute atomic E-state index is 0.244. The van der Waals surface area contributed by atoms with Gasteiger partial charge in [0.05, 0.1) is 12.5 Å². The van der Waals surface area contributed by atoms with E-state index in [-0.39, 0.29) is 6.03 Å². The van der Waals surface area contributed by atoms with Crippen molar-refractivity contribution in [2.75, 3.05) is 5.32 Å². The van der Waals surface area contributed by atoms with Gasteiger partial charge < -0.3 is 10.6 Å². The summed E-state index contributed by atoms with van der Waals surface area (Å²) in [6.07, 6.45) is 0.375. The fourth-order valence-electron chi connectivity index (χ4n) is 1.96. The summed E-state index contributed by atoms with van der Waals surface area (Å²) < 4.78 is 0. The molecule has 0 radical (unpaired) electrons. The first-order valence-electron chi connectivity index (χ1n) is 6.74. The number of urea groups is 1. The second-order valence-electron chi connectivity index (χ2n) is 4.77. The minimum Gasteiger partial charge on any atom is -0.334 e. The van der Waals surface area contributed by atoms with E-state index in [4.69, 9.17) is 5.26 Å². The van der Waals surface area contributed by atoms with Crippen molar-refractivity contribution in [2.24, 2.45) is 0 Å². The monoisotopic (exact) mass is 279 g/mol. The first-order valence-corrected chi connectivity index (χ1v) is 6.74. The summed E-state index contributed by atoms with van der Waals surface area (Å²) in [5.74, 6) is 0. The van der Waals surface area contributed by atoms with Crippen molar-refractivity contribution in [1.82, 2.24) is 5.32 Å². The number of hydrogen-bond donors (Lipinski definition) is 2. The Bertz CT molecular complexity index is 656. The Labute approximate surface area is 124 Å². The molecule has 106 valence electrons. The lowest BCUT2D eigenvalue weighted by Crippen LogP contribution is -2.28. The zero-order chi connectivity index (χ0) is 15.1. The summed E-state index contributed by atoms with van der Waals surface area (Å²) in [7, 11) is 0. The minimum atomic E-state index is -0.244. The molecule has 0 fully saturated rings. The molecule has 21 heavy (non-hydrogen) atoms. The molecule has 2 aromatic rings. The molecule has 0 aliphatic carbocycles. The Hall–Kier alpha value is -2.80. The zero-order valence-corrected chi connectivity index (χ0v) is 11.9. The molecule has 0 atom stereocenters. The van der Waals surface area contributed by atoms with E-state index in [1.807, 2.05) is 43.3 Å². The summed E-state index contributed by atoms with van der Waals surface area (Å²) in [5, 5.41) is 14.2. The maximum Gasteiger partial charge on any atom is 0.319 e. The Morgan fingerprint density at radius 2 is 1.86 bits per heavy atom. The van der Waals surface area contributed by atoms with E-state index in [9.17, 15) is 4.79 Å². The van der Waals surface area contributed by atoms with Crippen LogP contribution in [0, 0.1) is 18.3 Å². The molecule has 2 amide bonds. The number of carbonyl (C=O) groups is 1. The molecular weight excluding hydrogens is 262 g/mol. The largest absolute Gasteiger partial charge is 0.334 e. The van der Waals surface area contributed by atoms with Crippen molar-refractivity contribution < 1.29 is 4.79 Å². The molecule has 0 bridgehead atoms. The number of rotatable bonds is 4. The van der Waals surface area contributed by atoms with Crippen molar-refractivity contribution in [3.63, 3.8) is 0 Å². The molecule has 0 aliphatic rings. The van der Waals surface area contributed by atoms with Crippen molar-refractivity contribution in [2.45, 2.75) is 19.9 Å². The third-order valence-corrected chi connectivity index (χ3v) is 3.20.